The number of hydrogen-bond donors (Lipinski definition) is 2. The number of nitrogens with two attached hydrogens (primary N) is 1. The van der Waals surface area contributed by atoms with Gasteiger partial charge in [0.2, 0.25) is 5.91 Å². The largest absolute Gasteiger partial charge is 0.382 e. The average molecular weight is 318 g/mol. The Balaban J connectivity index is 2.18. The van der Waals surface area contributed by atoms with E-state index in [0.29, 0.717) is 30.9 Å². The van der Waals surface area contributed by atoms with E-state index in [2.05, 4.69) is 9.69 Å². The highest BCUT2D eigenvalue weighted by molar-refractivity contribution is 7.91. The molecule has 0 bridgehead atoms. The fourth-order valence-electron chi connectivity index (χ4n) is 2.38. The maximum absolute atomic E-state index is 11.8. The van der Waals surface area contributed by atoms with Gasteiger partial charge in [-0.05, 0) is 24.4 Å². The molecule has 0 atom stereocenters. The van der Waals surface area contributed by atoms with E-state index >= 15 is 0 Å². The molecule has 2 rings (SSSR count). The third-order valence-electron chi connectivity index (χ3n) is 3.43. The van der Waals surface area contributed by atoms with Gasteiger partial charge < -0.3 is 16.0 Å². The van der Waals surface area contributed by atoms with Crippen LogP contribution in [0.1, 0.15) is 12.8 Å². The summed E-state index contributed by atoms with van der Waals surface area (Å²) in [7, 11) is -1.78. The van der Waals surface area contributed by atoms with Gasteiger partial charge in [0.25, 0.3) is 0 Å². The zero-order valence-corrected chi connectivity index (χ0v) is 13.1. The van der Waals surface area contributed by atoms with Crippen molar-refractivity contribution in [2.24, 2.45) is 5.92 Å². The number of anilines is 2. The summed E-state index contributed by atoms with van der Waals surface area (Å²) < 4.78 is 27.5. The fourth-order valence-corrected chi connectivity index (χ4v) is 4.64. The quantitative estimate of drug-likeness (QED) is 0.818. The lowest BCUT2D eigenvalue weighted by molar-refractivity contribution is -0.125. The topological polar surface area (TPSA) is 105 Å². The summed E-state index contributed by atoms with van der Waals surface area (Å²) in [4.78, 5) is 13.6. The minimum Gasteiger partial charge on any atom is -0.382 e. The summed E-state index contributed by atoms with van der Waals surface area (Å²) in [5, 5.41) is 3.23. The van der Waals surface area contributed by atoms with Crippen LogP contribution >= 0.6 is 11.5 Å². The van der Waals surface area contributed by atoms with Crippen LogP contribution in [0.25, 0.3) is 0 Å². The lowest BCUT2D eigenvalue weighted by Gasteiger charge is -2.31. The number of carbonyl (C=O) groups excluding carboxylic acids is 1. The van der Waals surface area contributed by atoms with Crippen molar-refractivity contribution in [3.8, 4) is 0 Å². The lowest BCUT2D eigenvalue weighted by atomic mass is 9.96. The van der Waals surface area contributed by atoms with Gasteiger partial charge in [0, 0.05) is 32.3 Å². The molecular formula is C11H18N4O3S2. The van der Waals surface area contributed by atoms with E-state index in [1.54, 1.807) is 7.05 Å². The van der Waals surface area contributed by atoms with Crippen LogP contribution in [0.3, 0.4) is 0 Å². The highest BCUT2D eigenvalue weighted by Gasteiger charge is 2.30. The highest BCUT2D eigenvalue weighted by atomic mass is 32.2. The van der Waals surface area contributed by atoms with Crippen molar-refractivity contribution in [1.29, 1.82) is 0 Å². The molecule has 0 spiro atoms. The zero-order chi connectivity index (χ0) is 14.9. The molecule has 0 aromatic carbocycles. The summed E-state index contributed by atoms with van der Waals surface area (Å²) in [5.74, 6) is 0.0842. The summed E-state index contributed by atoms with van der Waals surface area (Å²) in [6, 6.07) is 0. The van der Waals surface area contributed by atoms with Crippen molar-refractivity contribution in [3.63, 3.8) is 0 Å². The first kappa shape index (κ1) is 15.0. The molecule has 2 heterocycles. The molecule has 7 nitrogen and oxygen atoms in total. The molecule has 3 N–H and O–H groups in total. The van der Waals surface area contributed by atoms with Crippen LogP contribution in [0.2, 0.25) is 0 Å². The van der Waals surface area contributed by atoms with Crippen LogP contribution in [0.15, 0.2) is 4.90 Å². The SMILES string of the molecule is CNC(=O)C1CCN(c2snc(N)c2S(C)(=O)=O)CC1. The molecular weight excluding hydrogens is 300 g/mol. The third-order valence-corrected chi connectivity index (χ3v) is 5.62. The van der Waals surface area contributed by atoms with Gasteiger partial charge in [0.05, 0.1) is 0 Å². The third kappa shape index (κ3) is 2.88. The van der Waals surface area contributed by atoms with Gasteiger partial charge in [-0.15, -0.1) is 0 Å². The normalized spacial score (nSPS) is 17.2. The Bertz CT molecular complexity index is 603. The molecule has 0 unspecified atom stereocenters. The van der Waals surface area contributed by atoms with E-state index in [9.17, 15) is 13.2 Å². The van der Waals surface area contributed by atoms with Gasteiger partial charge in [0.15, 0.2) is 15.7 Å². The number of rotatable bonds is 3. The minimum atomic E-state index is -3.40. The number of carbonyl (C=O) groups is 1. The van der Waals surface area contributed by atoms with E-state index < -0.39 is 9.84 Å². The minimum absolute atomic E-state index is 0.0109. The van der Waals surface area contributed by atoms with E-state index in [1.807, 2.05) is 4.90 Å². The smallest absolute Gasteiger partial charge is 0.222 e. The van der Waals surface area contributed by atoms with Crippen LogP contribution in [-0.4, -0.2) is 45.1 Å². The van der Waals surface area contributed by atoms with E-state index in [-0.39, 0.29) is 22.5 Å². The molecule has 0 saturated carbocycles. The number of hydrogen-bond acceptors (Lipinski definition) is 7. The molecule has 1 aliphatic heterocycles. The first-order valence-corrected chi connectivity index (χ1v) is 8.92. The van der Waals surface area contributed by atoms with E-state index in [1.165, 1.54) is 0 Å². The van der Waals surface area contributed by atoms with Crippen molar-refractivity contribution in [3.05, 3.63) is 0 Å². The Kier molecular flexibility index (Phi) is 4.19. The molecule has 1 aromatic rings. The molecule has 1 aliphatic rings. The zero-order valence-electron chi connectivity index (χ0n) is 11.4. The van der Waals surface area contributed by atoms with Gasteiger partial charge in [-0.25, -0.2) is 8.42 Å². The Labute approximate surface area is 122 Å². The highest BCUT2D eigenvalue weighted by Crippen LogP contribution is 2.36. The van der Waals surface area contributed by atoms with Gasteiger partial charge in [-0.2, -0.15) is 4.37 Å². The summed E-state index contributed by atoms with van der Waals surface area (Å²) in [6.45, 7) is 1.25. The van der Waals surface area contributed by atoms with Crippen molar-refractivity contribution >= 4 is 38.1 Å². The Hall–Kier alpha value is -1.35. The monoisotopic (exact) mass is 318 g/mol. The Morgan fingerprint density at radius 1 is 1.45 bits per heavy atom. The maximum Gasteiger partial charge on any atom is 0.222 e. The number of aromatic nitrogens is 1. The number of nitrogen functional groups attached to an aromatic ring is 1. The molecule has 9 heteroatoms. The van der Waals surface area contributed by atoms with Crippen LogP contribution in [0.5, 0.6) is 0 Å². The number of amides is 1. The van der Waals surface area contributed by atoms with Crippen LogP contribution < -0.4 is 16.0 Å². The molecule has 112 valence electrons. The maximum atomic E-state index is 11.8. The van der Waals surface area contributed by atoms with Crippen LogP contribution in [-0.2, 0) is 14.6 Å². The van der Waals surface area contributed by atoms with Gasteiger partial charge in [0.1, 0.15) is 9.90 Å². The second kappa shape index (κ2) is 5.57. The lowest BCUT2D eigenvalue weighted by Crippen LogP contribution is -2.39. The molecule has 1 fully saturated rings. The van der Waals surface area contributed by atoms with Crippen molar-refractivity contribution in [2.45, 2.75) is 17.7 Å². The summed E-state index contributed by atoms with van der Waals surface area (Å²) >= 11 is 1.10. The number of nitrogens with zero attached hydrogens (tertiary/aromatic N) is 2. The molecule has 1 amide bonds. The van der Waals surface area contributed by atoms with Gasteiger partial charge in [-0.1, -0.05) is 0 Å². The Morgan fingerprint density at radius 2 is 2.05 bits per heavy atom. The van der Waals surface area contributed by atoms with Crippen LogP contribution in [0.4, 0.5) is 10.8 Å². The first-order valence-electron chi connectivity index (χ1n) is 6.26. The summed E-state index contributed by atoms with van der Waals surface area (Å²) in [6.07, 6.45) is 2.52. The second-order valence-electron chi connectivity index (χ2n) is 4.85. The second-order valence-corrected chi connectivity index (χ2v) is 7.55. The van der Waals surface area contributed by atoms with Crippen molar-refractivity contribution in [1.82, 2.24) is 9.69 Å². The predicted octanol–water partition coefficient (Wildman–Crippen LogP) is 0.0912. The first-order chi connectivity index (χ1) is 9.34. The fraction of sp³-hybridized carbons (Fsp3) is 0.636. The number of sulfone groups is 1. The molecule has 1 aromatic heterocycles. The van der Waals surface area contributed by atoms with Gasteiger partial charge in [-0.3, -0.25) is 4.79 Å². The molecule has 0 radical (unpaired) electrons. The van der Waals surface area contributed by atoms with Crippen LogP contribution in [0, 0.1) is 5.92 Å². The number of nitrogens with one attached hydrogen (secondary N) is 1. The molecule has 1 saturated heterocycles. The average Bonchev–Trinajstić information content (AvgIpc) is 2.80. The molecule has 0 aliphatic carbocycles. The van der Waals surface area contributed by atoms with Crippen molar-refractivity contribution < 1.29 is 13.2 Å². The van der Waals surface area contributed by atoms with Crippen molar-refractivity contribution in [2.75, 3.05) is 37.0 Å². The number of piperidine rings is 1. The standard InChI is InChI=1S/C11H18N4O3S2/c1-13-10(16)7-3-5-15(6-4-7)11-8(20(2,17)18)9(12)14-19-11/h7H,3-6H2,1-2H3,(H2,12,14)(H,13,16). The van der Waals surface area contributed by atoms with E-state index in [4.69, 9.17) is 5.73 Å². The van der Waals surface area contributed by atoms with E-state index in [0.717, 1.165) is 17.8 Å². The Morgan fingerprint density at radius 3 is 2.55 bits per heavy atom. The summed E-state index contributed by atoms with van der Waals surface area (Å²) in [5.41, 5.74) is 5.66. The molecule has 20 heavy (non-hydrogen) atoms. The predicted molar refractivity (Wildman–Crippen MR) is 78.6 cm³/mol. The van der Waals surface area contributed by atoms with Gasteiger partial charge >= 0.3 is 0 Å².